The van der Waals surface area contributed by atoms with Gasteiger partial charge in [-0.3, -0.25) is 0 Å². The number of benzene rings is 2. The number of ether oxygens (including phenoxy) is 1. The minimum Gasteiger partial charge on any atom is -0.457 e. The third-order valence-electron chi connectivity index (χ3n) is 3.03. The summed E-state index contributed by atoms with van der Waals surface area (Å²) in [6.45, 7) is 3.87. The first-order valence-electron chi connectivity index (χ1n) is 6.63. The third kappa shape index (κ3) is 3.49. The van der Waals surface area contributed by atoms with Gasteiger partial charge in [-0.05, 0) is 49.2 Å². The number of allylic oxidation sites excluding steroid dienone is 1. The molecule has 0 aliphatic heterocycles. The van der Waals surface area contributed by atoms with Gasteiger partial charge in [-0.25, -0.2) is 0 Å². The highest BCUT2D eigenvalue weighted by Crippen LogP contribution is 2.25. The molecule has 2 aromatic carbocycles. The topological polar surface area (TPSA) is 33.0 Å². The van der Waals surface area contributed by atoms with Gasteiger partial charge in [0.15, 0.2) is 0 Å². The summed E-state index contributed by atoms with van der Waals surface area (Å²) in [4.78, 5) is 0. The van der Waals surface area contributed by atoms with Crippen molar-refractivity contribution in [1.29, 1.82) is 5.26 Å². The summed E-state index contributed by atoms with van der Waals surface area (Å²) in [5.74, 6) is 1.42. The summed E-state index contributed by atoms with van der Waals surface area (Å²) < 4.78 is 5.81. The van der Waals surface area contributed by atoms with Crippen LogP contribution in [0.4, 0.5) is 0 Å². The van der Waals surface area contributed by atoms with Crippen molar-refractivity contribution in [2.45, 2.75) is 19.8 Å². The van der Waals surface area contributed by atoms with Crippen molar-refractivity contribution in [3.8, 4) is 17.6 Å². The minimum absolute atomic E-state index is 0.129. The number of rotatable bonds is 4. The molecule has 0 spiro atoms. The highest BCUT2D eigenvalue weighted by Gasteiger charge is 2.05. The van der Waals surface area contributed by atoms with Gasteiger partial charge in [0.1, 0.15) is 11.5 Å². The van der Waals surface area contributed by atoms with E-state index in [0.717, 1.165) is 22.6 Å². The molecule has 0 amide bonds. The number of nitriles is 1. The fourth-order valence-electron chi connectivity index (χ4n) is 1.90. The second kappa shape index (κ2) is 6.58. The van der Waals surface area contributed by atoms with Crippen molar-refractivity contribution in [2.75, 3.05) is 0 Å². The normalized spacial score (nSPS) is 12.1. The Labute approximate surface area is 119 Å². The lowest BCUT2D eigenvalue weighted by Gasteiger charge is -2.09. The average Bonchev–Trinajstić information content (AvgIpc) is 2.49. The van der Waals surface area contributed by atoms with Crippen LogP contribution in [-0.4, -0.2) is 0 Å². The summed E-state index contributed by atoms with van der Waals surface area (Å²) in [6.07, 6.45) is 4.04. The largest absolute Gasteiger partial charge is 0.457 e. The van der Waals surface area contributed by atoms with Crippen LogP contribution in [0.2, 0.25) is 0 Å². The molecule has 0 saturated heterocycles. The molecule has 0 radical (unpaired) electrons. The van der Waals surface area contributed by atoms with Crippen LogP contribution in [-0.2, 0) is 0 Å². The molecule has 2 heteroatoms. The summed E-state index contributed by atoms with van der Waals surface area (Å²) in [5.41, 5.74) is 2.11. The summed E-state index contributed by atoms with van der Waals surface area (Å²) >= 11 is 0. The number of hydrogen-bond donors (Lipinski definition) is 0. The van der Waals surface area contributed by atoms with Crippen molar-refractivity contribution in [2.24, 2.45) is 0 Å². The fraction of sp³-hybridized carbons (Fsp3) is 0.167. The Kier molecular flexibility index (Phi) is 4.57. The average molecular weight is 263 g/mol. The molecule has 100 valence electrons. The van der Waals surface area contributed by atoms with Crippen LogP contribution >= 0.6 is 0 Å². The number of nitrogens with zero attached hydrogens (tertiary/aromatic N) is 1. The standard InChI is InChI=1S/C18H17NO/c1-3-5-15-8-10-17(11-9-15)20-18-7-4-6-16(12-18)14(2)13-19/h3-12,14H,1-2H3/b5-3+. The van der Waals surface area contributed by atoms with Crippen molar-refractivity contribution in [3.63, 3.8) is 0 Å². The van der Waals surface area contributed by atoms with Crippen LogP contribution in [0.3, 0.4) is 0 Å². The van der Waals surface area contributed by atoms with Gasteiger partial charge >= 0.3 is 0 Å². The minimum atomic E-state index is -0.129. The molecule has 1 unspecified atom stereocenters. The van der Waals surface area contributed by atoms with Crippen LogP contribution in [0.5, 0.6) is 11.5 Å². The summed E-state index contributed by atoms with van der Waals surface area (Å²) in [6, 6.07) is 17.8. The molecule has 0 saturated carbocycles. The van der Waals surface area contributed by atoms with Gasteiger partial charge in [-0.1, -0.05) is 36.4 Å². The van der Waals surface area contributed by atoms with E-state index in [4.69, 9.17) is 10.00 Å². The van der Waals surface area contributed by atoms with E-state index in [2.05, 4.69) is 6.07 Å². The molecule has 0 fully saturated rings. The van der Waals surface area contributed by atoms with E-state index in [1.807, 2.05) is 74.5 Å². The Balaban J connectivity index is 2.15. The molecule has 0 heterocycles. The lowest BCUT2D eigenvalue weighted by Crippen LogP contribution is -1.91. The zero-order valence-corrected chi connectivity index (χ0v) is 11.7. The van der Waals surface area contributed by atoms with E-state index in [1.165, 1.54) is 0 Å². The predicted octanol–water partition coefficient (Wildman–Crippen LogP) is 5.14. The van der Waals surface area contributed by atoms with Gasteiger partial charge in [-0.2, -0.15) is 5.26 Å². The molecule has 1 atom stereocenters. The van der Waals surface area contributed by atoms with E-state index in [-0.39, 0.29) is 5.92 Å². The molecule has 2 aromatic rings. The molecule has 0 bridgehead atoms. The molecule has 0 aliphatic rings. The predicted molar refractivity (Wildman–Crippen MR) is 81.7 cm³/mol. The van der Waals surface area contributed by atoms with Gasteiger partial charge in [-0.15, -0.1) is 0 Å². The van der Waals surface area contributed by atoms with Crippen LogP contribution in [0.15, 0.2) is 54.6 Å². The molecule has 20 heavy (non-hydrogen) atoms. The summed E-state index contributed by atoms with van der Waals surface area (Å²) in [5, 5.41) is 8.95. The quantitative estimate of drug-likeness (QED) is 0.765. The molecular formula is C18H17NO. The zero-order valence-electron chi connectivity index (χ0n) is 11.7. The maximum atomic E-state index is 8.95. The Hall–Kier alpha value is -2.53. The Morgan fingerprint density at radius 1 is 1.10 bits per heavy atom. The van der Waals surface area contributed by atoms with E-state index < -0.39 is 0 Å². The highest BCUT2D eigenvalue weighted by atomic mass is 16.5. The SMILES string of the molecule is C/C=C/c1ccc(Oc2cccc(C(C)C#N)c2)cc1. The maximum absolute atomic E-state index is 8.95. The van der Waals surface area contributed by atoms with Crippen molar-refractivity contribution in [3.05, 3.63) is 65.7 Å². The Morgan fingerprint density at radius 2 is 1.85 bits per heavy atom. The molecule has 0 N–H and O–H groups in total. The first kappa shape index (κ1) is 13.9. The van der Waals surface area contributed by atoms with Crippen molar-refractivity contribution in [1.82, 2.24) is 0 Å². The van der Waals surface area contributed by atoms with Crippen LogP contribution in [0, 0.1) is 11.3 Å². The highest BCUT2D eigenvalue weighted by molar-refractivity contribution is 5.50. The van der Waals surface area contributed by atoms with Gasteiger partial charge in [0, 0.05) is 0 Å². The van der Waals surface area contributed by atoms with E-state index in [0.29, 0.717) is 0 Å². The monoisotopic (exact) mass is 263 g/mol. The second-order valence-corrected chi connectivity index (χ2v) is 4.59. The van der Waals surface area contributed by atoms with Crippen LogP contribution < -0.4 is 4.74 Å². The van der Waals surface area contributed by atoms with Crippen molar-refractivity contribution >= 4 is 6.08 Å². The molecule has 2 nitrogen and oxygen atoms in total. The fourth-order valence-corrected chi connectivity index (χ4v) is 1.90. The smallest absolute Gasteiger partial charge is 0.127 e. The molecule has 2 rings (SSSR count). The van der Waals surface area contributed by atoms with Gasteiger partial charge in [0.05, 0.1) is 12.0 Å². The van der Waals surface area contributed by atoms with E-state index in [1.54, 1.807) is 0 Å². The maximum Gasteiger partial charge on any atom is 0.127 e. The first-order chi connectivity index (χ1) is 9.72. The zero-order chi connectivity index (χ0) is 14.4. The van der Waals surface area contributed by atoms with Gasteiger partial charge in [0.2, 0.25) is 0 Å². The molecular weight excluding hydrogens is 246 g/mol. The number of hydrogen-bond acceptors (Lipinski definition) is 2. The second-order valence-electron chi connectivity index (χ2n) is 4.59. The Morgan fingerprint density at radius 3 is 2.50 bits per heavy atom. The summed E-state index contributed by atoms with van der Waals surface area (Å²) in [7, 11) is 0. The van der Waals surface area contributed by atoms with Crippen LogP contribution in [0.25, 0.3) is 6.08 Å². The lowest BCUT2D eigenvalue weighted by atomic mass is 10.0. The first-order valence-corrected chi connectivity index (χ1v) is 6.63. The van der Waals surface area contributed by atoms with E-state index >= 15 is 0 Å². The van der Waals surface area contributed by atoms with E-state index in [9.17, 15) is 0 Å². The van der Waals surface area contributed by atoms with Gasteiger partial charge < -0.3 is 4.74 Å². The van der Waals surface area contributed by atoms with Gasteiger partial charge in [0.25, 0.3) is 0 Å². The van der Waals surface area contributed by atoms with Crippen LogP contribution in [0.1, 0.15) is 30.9 Å². The molecule has 0 aliphatic carbocycles. The third-order valence-corrected chi connectivity index (χ3v) is 3.03. The Bertz CT molecular complexity index is 635. The molecule has 0 aromatic heterocycles. The lowest BCUT2D eigenvalue weighted by molar-refractivity contribution is 0.482. The van der Waals surface area contributed by atoms with Crippen molar-refractivity contribution < 1.29 is 4.74 Å².